The number of para-hydroxylation sites is 1. The number of rotatable bonds is 7. The Morgan fingerprint density at radius 1 is 1.00 bits per heavy atom. The van der Waals surface area contributed by atoms with Crippen molar-refractivity contribution in [2.75, 3.05) is 20.6 Å². The average Bonchev–Trinajstić information content (AvgIpc) is 3.21. The molecule has 0 aliphatic rings. The van der Waals surface area contributed by atoms with Crippen LogP contribution in [-0.2, 0) is 13.1 Å². The van der Waals surface area contributed by atoms with Crippen molar-refractivity contribution >= 4 is 5.91 Å². The van der Waals surface area contributed by atoms with Crippen LogP contribution in [-0.4, -0.2) is 56.6 Å². The summed E-state index contributed by atoms with van der Waals surface area (Å²) < 4.78 is 1.51. The lowest BCUT2D eigenvalue weighted by molar-refractivity contribution is 0.0752. The highest BCUT2D eigenvalue weighted by Gasteiger charge is 2.19. The number of amides is 1. The minimum Gasteiger partial charge on any atom is -0.335 e. The van der Waals surface area contributed by atoms with Gasteiger partial charge in [0, 0.05) is 19.6 Å². The first-order valence-electron chi connectivity index (χ1n) is 8.92. The molecular weight excluding hydrogens is 340 g/mol. The molecule has 0 aliphatic carbocycles. The van der Waals surface area contributed by atoms with E-state index in [1.807, 2.05) is 50.2 Å². The molecule has 7 nitrogen and oxygen atoms in total. The van der Waals surface area contributed by atoms with Crippen molar-refractivity contribution in [3.63, 3.8) is 0 Å². The van der Waals surface area contributed by atoms with Gasteiger partial charge in [0.1, 0.15) is 6.33 Å². The van der Waals surface area contributed by atoms with Gasteiger partial charge in [-0.25, -0.2) is 0 Å². The Morgan fingerprint density at radius 2 is 1.67 bits per heavy atom. The average molecular weight is 364 g/mol. The van der Waals surface area contributed by atoms with E-state index in [9.17, 15) is 4.79 Å². The first-order chi connectivity index (χ1) is 13.1. The Bertz CT molecular complexity index is 874. The van der Waals surface area contributed by atoms with E-state index in [0.29, 0.717) is 24.3 Å². The summed E-state index contributed by atoms with van der Waals surface area (Å²) in [5.74, 6) is -0.0408. The van der Waals surface area contributed by atoms with Crippen molar-refractivity contribution < 1.29 is 4.79 Å². The number of benzene rings is 2. The SMILES string of the molecule is CCN(Cc1ccc(CN(C)C)cc1)C(=O)c1ccccc1-n1cnnn1. The minimum atomic E-state index is -0.0408. The van der Waals surface area contributed by atoms with Gasteiger partial charge in [0.2, 0.25) is 0 Å². The first-order valence-corrected chi connectivity index (χ1v) is 8.92. The predicted molar refractivity (Wildman–Crippen MR) is 103 cm³/mol. The van der Waals surface area contributed by atoms with Crippen molar-refractivity contribution in [1.29, 1.82) is 0 Å². The predicted octanol–water partition coefficient (Wildman–Crippen LogP) is 2.39. The zero-order valence-corrected chi connectivity index (χ0v) is 15.9. The Hall–Kier alpha value is -3.06. The molecule has 7 heteroatoms. The summed E-state index contributed by atoms with van der Waals surface area (Å²) in [7, 11) is 4.10. The van der Waals surface area contributed by atoms with E-state index in [0.717, 1.165) is 12.1 Å². The molecule has 1 heterocycles. The van der Waals surface area contributed by atoms with Crippen molar-refractivity contribution in [3.05, 3.63) is 71.5 Å². The quantitative estimate of drug-likeness (QED) is 0.644. The van der Waals surface area contributed by atoms with Gasteiger partial charge in [-0.1, -0.05) is 36.4 Å². The van der Waals surface area contributed by atoms with E-state index < -0.39 is 0 Å². The van der Waals surface area contributed by atoms with Crippen molar-refractivity contribution in [2.45, 2.75) is 20.0 Å². The second-order valence-corrected chi connectivity index (χ2v) is 6.65. The van der Waals surface area contributed by atoms with Crippen LogP contribution in [0.15, 0.2) is 54.9 Å². The molecule has 0 fully saturated rings. The van der Waals surface area contributed by atoms with Gasteiger partial charge in [0.15, 0.2) is 0 Å². The number of aromatic nitrogens is 4. The summed E-state index contributed by atoms with van der Waals surface area (Å²) in [5.41, 5.74) is 3.61. The van der Waals surface area contributed by atoms with Gasteiger partial charge >= 0.3 is 0 Å². The van der Waals surface area contributed by atoms with Crippen LogP contribution in [0, 0.1) is 0 Å². The van der Waals surface area contributed by atoms with E-state index in [-0.39, 0.29) is 5.91 Å². The minimum absolute atomic E-state index is 0.0408. The molecule has 3 rings (SSSR count). The zero-order chi connectivity index (χ0) is 19.2. The van der Waals surface area contributed by atoms with E-state index in [2.05, 4.69) is 44.7 Å². The Labute approximate surface area is 159 Å². The van der Waals surface area contributed by atoms with Gasteiger partial charge in [-0.2, -0.15) is 4.68 Å². The first kappa shape index (κ1) is 18.7. The monoisotopic (exact) mass is 364 g/mol. The molecule has 1 aromatic heterocycles. The molecule has 1 amide bonds. The third-order valence-electron chi connectivity index (χ3n) is 4.29. The smallest absolute Gasteiger partial charge is 0.256 e. The lowest BCUT2D eigenvalue weighted by Crippen LogP contribution is -2.31. The molecule has 0 atom stereocenters. The number of hydrogen-bond donors (Lipinski definition) is 0. The molecule has 27 heavy (non-hydrogen) atoms. The molecule has 0 unspecified atom stereocenters. The molecule has 0 saturated heterocycles. The van der Waals surface area contributed by atoms with Crippen LogP contribution < -0.4 is 0 Å². The van der Waals surface area contributed by atoms with E-state index >= 15 is 0 Å². The van der Waals surface area contributed by atoms with Crippen molar-refractivity contribution in [3.8, 4) is 5.69 Å². The third-order valence-corrected chi connectivity index (χ3v) is 4.29. The van der Waals surface area contributed by atoms with Gasteiger partial charge < -0.3 is 9.80 Å². The van der Waals surface area contributed by atoms with E-state index in [4.69, 9.17) is 0 Å². The van der Waals surface area contributed by atoms with E-state index in [1.54, 1.807) is 0 Å². The molecule has 0 N–H and O–H groups in total. The molecule has 0 spiro atoms. The molecule has 0 radical (unpaired) electrons. The summed E-state index contributed by atoms with van der Waals surface area (Å²) in [6.07, 6.45) is 1.49. The number of tetrazole rings is 1. The maximum absolute atomic E-state index is 13.1. The van der Waals surface area contributed by atoms with Gasteiger partial charge in [0.25, 0.3) is 5.91 Å². The highest BCUT2D eigenvalue weighted by molar-refractivity contribution is 5.97. The number of carbonyl (C=O) groups is 1. The van der Waals surface area contributed by atoms with Gasteiger partial charge in [0.05, 0.1) is 11.3 Å². The molecule has 0 aliphatic heterocycles. The second kappa shape index (κ2) is 8.55. The standard InChI is InChI=1S/C20H24N6O/c1-4-25(14-17-11-9-16(10-12-17)13-24(2)3)20(27)18-7-5-6-8-19(18)26-15-21-22-23-26/h5-12,15H,4,13-14H2,1-3H3. The lowest BCUT2D eigenvalue weighted by Gasteiger charge is -2.22. The Balaban J connectivity index is 1.79. The van der Waals surface area contributed by atoms with Crippen LogP contribution in [0.3, 0.4) is 0 Å². The highest BCUT2D eigenvalue weighted by Crippen LogP contribution is 2.17. The number of hydrogen-bond acceptors (Lipinski definition) is 5. The summed E-state index contributed by atoms with van der Waals surface area (Å²) >= 11 is 0. The number of carbonyl (C=O) groups excluding carboxylic acids is 1. The van der Waals surface area contributed by atoms with E-state index in [1.165, 1.54) is 16.6 Å². The lowest BCUT2D eigenvalue weighted by atomic mass is 10.1. The van der Waals surface area contributed by atoms with Gasteiger partial charge in [-0.3, -0.25) is 4.79 Å². The molecule has 0 saturated carbocycles. The van der Waals surface area contributed by atoms with Gasteiger partial charge in [-0.05, 0) is 54.7 Å². The molecule has 140 valence electrons. The van der Waals surface area contributed by atoms with Crippen LogP contribution in [0.25, 0.3) is 5.69 Å². The molecule has 2 aromatic carbocycles. The van der Waals surface area contributed by atoms with Crippen LogP contribution in [0.1, 0.15) is 28.4 Å². The number of nitrogens with zero attached hydrogens (tertiary/aromatic N) is 6. The zero-order valence-electron chi connectivity index (χ0n) is 15.9. The maximum Gasteiger partial charge on any atom is 0.256 e. The van der Waals surface area contributed by atoms with Gasteiger partial charge in [-0.15, -0.1) is 5.10 Å². The van der Waals surface area contributed by atoms with Crippen LogP contribution in [0.2, 0.25) is 0 Å². The summed E-state index contributed by atoms with van der Waals surface area (Å²) in [6, 6.07) is 15.8. The fraction of sp³-hybridized carbons (Fsp3) is 0.300. The topological polar surface area (TPSA) is 67.2 Å². The molecular formula is C20H24N6O. The highest BCUT2D eigenvalue weighted by atomic mass is 16.2. The summed E-state index contributed by atoms with van der Waals surface area (Å²) in [4.78, 5) is 17.1. The summed E-state index contributed by atoms with van der Waals surface area (Å²) in [5, 5.41) is 11.2. The molecule has 3 aromatic rings. The molecule has 0 bridgehead atoms. The second-order valence-electron chi connectivity index (χ2n) is 6.65. The van der Waals surface area contributed by atoms with Crippen LogP contribution in [0.4, 0.5) is 0 Å². The van der Waals surface area contributed by atoms with Crippen LogP contribution in [0.5, 0.6) is 0 Å². The fourth-order valence-electron chi connectivity index (χ4n) is 2.96. The maximum atomic E-state index is 13.1. The van der Waals surface area contributed by atoms with Crippen molar-refractivity contribution in [1.82, 2.24) is 30.0 Å². The van der Waals surface area contributed by atoms with Crippen molar-refractivity contribution in [2.24, 2.45) is 0 Å². The third kappa shape index (κ3) is 4.57. The largest absolute Gasteiger partial charge is 0.335 e. The fourth-order valence-corrected chi connectivity index (χ4v) is 2.96. The Morgan fingerprint density at radius 3 is 2.26 bits per heavy atom. The van der Waals surface area contributed by atoms with Crippen LogP contribution >= 0.6 is 0 Å². The summed E-state index contributed by atoms with van der Waals surface area (Å²) in [6.45, 7) is 4.05. The normalized spacial score (nSPS) is 11.0. The Kier molecular flexibility index (Phi) is 5.93.